The Morgan fingerprint density at radius 2 is 2.27 bits per heavy atom. The van der Waals surface area contributed by atoms with Crippen LogP contribution >= 0.6 is 12.2 Å². The second kappa shape index (κ2) is 5.75. The summed E-state index contributed by atoms with van der Waals surface area (Å²) in [5, 5.41) is 12.2. The Morgan fingerprint density at radius 3 is 2.87 bits per heavy atom. The number of tetrazole rings is 1. The highest BCUT2D eigenvalue weighted by atomic mass is 32.1. The van der Waals surface area contributed by atoms with Crippen LogP contribution in [0, 0.1) is 0 Å². The SMILES string of the molecule is COC(=S)CCCc1nnnn1C(C)C. The second-order valence-electron chi connectivity index (χ2n) is 3.56. The van der Waals surface area contributed by atoms with E-state index in [1.807, 2.05) is 4.68 Å². The lowest BCUT2D eigenvalue weighted by Crippen LogP contribution is -2.09. The summed E-state index contributed by atoms with van der Waals surface area (Å²) in [6, 6.07) is 0.296. The van der Waals surface area contributed by atoms with Crippen LogP contribution in [-0.2, 0) is 11.2 Å². The van der Waals surface area contributed by atoms with Crippen LogP contribution in [-0.4, -0.2) is 32.4 Å². The van der Waals surface area contributed by atoms with Gasteiger partial charge in [-0.2, -0.15) is 0 Å². The van der Waals surface area contributed by atoms with Crippen LogP contribution in [0.2, 0.25) is 0 Å². The molecular weight excluding hydrogens is 212 g/mol. The van der Waals surface area contributed by atoms with Crippen LogP contribution < -0.4 is 0 Å². The summed E-state index contributed by atoms with van der Waals surface area (Å²) in [5.74, 6) is 0.906. The molecular formula is C9H16N4OS. The molecule has 1 aromatic rings. The van der Waals surface area contributed by atoms with Gasteiger partial charge in [-0.3, -0.25) is 0 Å². The third-order valence-electron chi connectivity index (χ3n) is 2.06. The number of rotatable bonds is 5. The zero-order valence-electron chi connectivity index (χ0n) is 9.30. The molecule has 0 aromatic carbocycles. The van der Waals surface area contributed by atoms with E-state index in [-0.39, 0.29) is 0 Å². The van der Waals surface area contributed by atoms with Gasteiger partial charge in [-0.25, -0.2) is 4.68 Å². The largest absolute Gasteiger partial charge is 0.490 e. The monoisotopic (exact) mass is 228 g/mol. The number of methoxy groups -OCH3 is 1. The first-order valence-electron chi connectivity index (χ1n) is 4.98. The first-order chi connectivity index (χ1) is 7.15. The molecule has 0 bridgehead atoms. The molecule has 0 radical (unpaired) electrons. The van der Waals surface area contributed by atoms with Gasteiger partial charge in [0.2, 0.25) is 0 Å². The summed E-state index contributed by atoms with van der Waals surface area (Å²) in [6.07, 6.45) is 2.52. The number of nitrogens with zero attached hydrogens (tertiary/aromatic N) is 4. The number of aromatic nitrogens is 4. The molecule has 15 heavy (non-hydrogen) atoms. The van der Waals surface area contributed by atoms with E-state index in [0.717, 1.165) is 25.1 Å². The topological polar surface area (TPSA) is 52.8 Å². The summed E-state index contributed by atoms with van der Waals surface area (Å²) < 4.78 is 6.75. The molecule has 0 saturated carbocycles. The quantitative estimate of drug-likeness (QED) is 0.716. The lowest BCUT2D eigenvalue weighted by atomic mass is 10.2. The molecule has 0 spiro atoms. The molecule has 6 heteroatoms. The standard InChI is InChI=1S/C9H16N4OS/c1-7(2)13-8(10-11-12-13)5-4-6-9(15)14-3/h7H,4-6H2,1-3H3. The summed E-state index contributed by atoms with van der Waals surface area (Å²) >= 11 is 4.95. The minimum Gasteiger partial charge on any atom is -0.490 e. The van der Waals surface area contributed by atoms with Crippen molar-refractivity contribution < 1.29 is 4.74 Å². The maximum absolute atomic E-state index is 4.95. The fourth-order valence-corrected chi connectivity index (χ4v) is 1.42. The van der Waals surface area contributed by atoms with Gasteiger partial charge in [0.1, 0.15) is 0 Å². The number of hydrogen-bond acceptors (Lipinski definition) is 5. The Balaban J connectivity index is 2.43. The second-order valence-corrected chi connectivity index (χ2v) is 4.02. The van der Waals surface area contributed by atoms with Gasteiger partial charge in [0.25, 0.3) is 0 Å². The number of hydrogen-bond donors (Lipinski definition) is 0. The Kier molecular flexibility index (Phi) is 4.61. The normalized spacial score (nSPS) is 10.7. The molecule has 5 nitrogen and oxygen atoms in total. The molecule has 1 rings (SSSR count). The predicted octanol–water partition coefficient (Wildman–Crippen LogP) is 1.55. The molecule has 1 aromatic heterocycles. The van der Waals surface area contributed by atoms with E-state index in [4.69, 9.17) is 17.0 Å². The summed E-state index contributed by atoms with van der Waals surface area (Å²) in [7, 11) is 1.60. The highest BCUT2D eigenvalue weighted by Crippen LogP contribution is 2.07. The summed E-state index contributed by atoms with van der Waals surface area (Å²) in [6.45, 7) is 4.11. The Labute approximate surface area is 94.8 Å². The average molecular weight is 228 g/mol. The molecule has 0 aliphatic heterocycles. The molecule has 0 aliphatic rings. The minimum atomic E-state index is 0.296. The molecule has 0 atom stereocenters. The number of thiocarbonyl (C=S) groups is 1. The molecule has 0 amide bonds. The smallest absolute Gasteiger partial charge is 0.159 e. The lowest BCUT2D eigenvalue weighted by Gasteiger charge is -2.07. The zero-order valence-corrected chi connectivity index (χ0v) is 10.1. The van der Waals surface area contributed by atoms with Gasteiger partial charge >= 0.3 is 0 Å². The molecule has 0 unspecified atom stereocenters. The van der Waals surface area contributed by atoms with Gasteiger partial charge in [-0.1, -0.05) is 0 Å². The summed E-state index contributed by atoms with van der Waals surface area (Å²) in [4.78, 5) is 0. The molecule has 0 N–H and O–H groups in total. The van der Waals surface area contributed by atoms with Crippen molar-refractivity contribution in [1.82, 2.24) is 20.2 Å². The van der Waals surface area contributed by atoms with Crippen molar-refractivity contribution in [2.45, 2.75) is 39.2 Å². The Bertz CT molecular complexity index is 324. The van der Waals surface area contributed by atoms with Crippen molar-refractivity contribution in [3.8, 4) is 0 Å². The van der Waals surface area contributed by atoms with Crippen LogP contribution in [0.4, 0.5) is 0 Å². The van der Waals surface area contributed by atoms with Gasteiger partial charge < -0.3 is 4.74 Å². The van der Waals surface area contributed by atoms with Crippen LogP contribution in [0.1, 0.15) is 38.6 Å². The van der Waals surface area contributed by atoms with Crippen molar-refractivity contribution >= 4 is 17.3 Å². The maximum atomic E-state index is 4.95. The zero-order chi connectivity index (χ0) is 11.3. The maximum Gasteiger partial charge on any atom is 0.159 e. The van der Waals surface area contributed by atoms with E-state index in [2.05, 4.69) is 29.4 Å². The van der Waals surface area contributed by atoms with Gasteiger partial charge in [0.05, 0.1) is 13.2 Å². The molecule has 0 saturated heterocycles. The lowest BCUT2D eigenvalue weighted by molar-refractivity contribution is 0.399. The Hall–Kier alpha value is -1.04. The highest BCUT2D eigenvalue weighted by Gasteiger charge is 2.08. The number of aryl methyl sites for hydroxylation is 1. The van der Waals surface area contributed by atoms with Gasteiger partial charge in [0.15, 0.2) is 10.9 Å². The summed E-state index contributed by atoms with van der Waals surface area (Å²) in [5.41, 5.74) is 0. The first kappa shape index (κ1) is 12.0. The highest BCUT2D eigenvalue weighted by molar-refractivity contribution is 7.80. The van der Waals surface area contributed by atoms with Crippen molar-refractivity contribution in [3.05, 3.63) is 5.82 Å². The minimum absolute atomic E-state index is 0.296. The van der Waals surface area contributed by atoms with Crippen molar-refractivity contribution in [1.29, 1.82) is 0 Å². The van der Waals surface area contributed by atoms with E-state index in [0.29, 0.717) is 11.1 Å². The Morgan fingerprint density at radius 1 is 1.53 bits per heavy atom. The molecule has 0 aliphatic carbocycles. The van der Waals surface area contributed by atoms with Gasteiger partial charge in [-0.05, 0) is 42.9 Å². The first-order valence-corrected chi connectivity index (χ1v) is 5.39. The fourth-order valence-electron chi connectivity index (χ4n) is 1.27. The van der Waals surface area contributed by atoms with E-state index >= 15 is 0 Å². The molecule has 0 fully saturated rings. The fraction of sp³-hybridized carbons (Fsp3) is 0.778. The van der Waals surface area contributed by atoms with E-state index in [1.54, 1.807) is 7.11 Å². The third-order valence-corrected chi connectivity index (χ3v) is 2.43. The molecule has 84 valence electrons. The van der Waals surface area contributed by atoms with Crippen molar-refractivity contribution in [2.24, 2.45) is 0 Å². The van der Waals surface area contributed by atoms with Crippen LogP contribution in [0.15, 0.2) is 0 Å². The van der Waals surface area contributed by atoms with Gasteiger partial charge in [0, 0.05) is 12.8 Å². The van der Waals surface area contributed by atoms with Crippen LogP contribution in [0.3, 0.4) is 0 Å². The van der Waals surface area contributed by atoms with Gasteiger partial charge in [-0.15, -0.1) is 5.10 Å². The van der Waals surface area contributed by atoms with E-state index in [1.165, 1.54) is 0 Å². The molecule has 1 heterocycles. The number of ether oxygens (including phenoxy) is 1. The van der Waals surface area contributed by atoms with Crippen molar-refractivity contribution in [3.63, 3.8) is 0 Å². The van der Waals surface area contributed by atoms with Crippen LogP contribution in [0.25, 0.3) is 0 Å². The third kappa shape index (κ3) is 3.54. The average Bonchev–Trinajstić information content (AvgIpc) is 2.65. The predicted molar refractivity (Wildman–Crippen MR) is 60.7 cm³/mol. The van der Waals surface area contributed by atoms with E-state index < -0.39 is 0 Å². The van der Waals surface area contributed by atoms with E-state index in [9.17, 15) is 0 Å². The van der Waals surface area contributed by atoms with Crippen molar-refractivity contribution in [2.75, 3.05) is 7.11 Å². The van der Waals surface area contributed by atoms with Crippen LogP contribution in [0.5, 0.6) is 0 Å².